The molecular formula is C18H13F4N3OS. The fourth-order valence-corrected chi connectivity index (χ4v) is 3.40. The number of imidazole rings is 1. The van der Waals surface area contributed by atoms with Gasteiger partial charge < -0.3 is 5.32 Å². The number of aromatic nitrogens is 2. The Bertz CT molecular complexity index is 989. The number of nitrogens with zero attached hydrogens (tertiary/aromatic N) is 2. The van der Waals surface area contributed by atoms with Crippen LogP contribution in [0.2, 0.25) is 0 Å². The maximum atomic E-state index is 13.9. The second kappa shape index (κ2) is 7.83. The first kappa shape index (κ1) is 19.0. The lowest BCUT2D eigenvalue weighted by Crippen LogP contribution is -2.21. The average Bonchev–Trinajstić information content (AvgIpc) is 3.09. The molecule has 27 heavy (non-hydrogen) atoms. The van der Waals surface area contributed by atoms with E-state index in [0.29, 0.717) is 11.8 Å². The summed E-state index contributed by atoms with van der Waals surface area (Å²) in [7, 11) is 1.44. The van der Waals surface area contributed by atoms with E-state index in [1.54, 1.807) is 0 Å². The predicted molar refractivity (Wildman–Crippen MR) is 92.8 cm³/mol. The van der Waals surface area contributed by atoms with Crippen molar-refractivity contribution >= 4 is 17.7 Å². The normalized spacial score (nSPS) is 10.9. The molecule has 0 fully saturated rings. The molecule has 0 aliphatic heterocycles. The van der Waals surface area contributed by atoms with E-state index in [1.807, 2.05) is 0 Å². The van der Waals surface area contributed by atoms with E-state index < -0.39 is 34.7 Å². The zero-order chi connectivity index (χ0) is 19.6. The van der Waals surface area contributed by atoms with Gasteiger partial charge in [0.25, 0.3) is 5.91 Å². The van der Waals surface area contributed by atoms with Gasteiger partial charge in [0.2, 0.25) is 0 Å². The number of halogens is 4. The van der Waals surface area contributed by atoms with Gasteiger partial charge in [0.05, 0.1) is 6.20 Å². The summed E-state index contributed by atoms with van der Waals surface area (Å²) in [5.74, 6) is -4.46. The van der Waals surface area contributed by atoms with E-state index in [0.717, 1.165) is 17.8 Å². The molecule has 0 unspecified atom stereocenters. The van der Waals surface area contributed by atoms with Gasteiger partial charge in [0, 0.05) is 24.1 Å². The smallest absolute Gasteiger partial charge is 0.269 e. The van der Waals surface area contributed by atoms with Gasteiger partial charge in [0.1, 0.15) is 17.3 Å². The highest BCUT2D eigenvalue weighted by molar-refractivity contribution is 7.98. The highest BCUT2D eigenvalue weighted by atomic mass is 32.2. The molecule has 2 aromatic carbocycles. The number of benzene rings is 2. The summed E-state index contributed by atoms with van der Waals surface area (Å²) < 4.78 is 55.7. The molecule has 3 aromatic rings. The topological polar surface area (TPSA) is 46.9 Å². The van der Waals surface area contributed by atoms with Gasteiger partial charge in [-0.15, -0.1) is 0 Å². The molecule has 1 aromatic heterocycles. The molecule has 0 bridgehead atoms. The summed E-state index contributed by atoms with van der Waals surface area (Å²) in [6.45, 7) is 0. The van der Waals surface area contributed by atoms with Crippen LogP contribution in [0.25, 0.3) is 5.69 Å². The van der Waals surface area contributed by atoms with Crippen molar-refractivity contribution in [3.63, 3.8) is 0 Å². The van der Waals surface area contributed by atoms with Crippen LogP contribution in [-0.2, 0) is 5.75 Å². The minimum absolute atomic E-state index is 0.159. The van der Waals surface area contributed by atoms with Gasteiger partial charge >= 0.3 is 0 Å². The van der Waals surface area contributed by atoms with Crippen molar-refractivity contribution in [3.05, 3.63) is 77.1 Å². The number of amides is 1. The van der Waals surface area contributed by atoms with E-state index >= 15 is 0 Å². The molecule has 0 aliphatic carbocycles. The number of rotatable bonds is 5. The second-order valence-corrected chi connectivity index (χ2v) is 6.37. The first-order chi connectivity index (χ1) is 12.9. The Labute approximate surface area is 156 Å². The minimum atomic E-state index is -1.27. The van der Waals surface area contributed by atoms with Gasteiger partial charge in [-0.25, -0.2) is 22.5 Å². The molecule has 0 atom stereocenters. The fourth-order valence-electron chi connectivity index (χ4n) is 2.40. The van der Waals surface area contributed by atoms with Crippen LogP contribution in [0.15, 0.2) is 47.8 Å². The van der Waals surface area contributed by atoms with Crippen LogP contribution >= 0.6 is 11.8 Å². The highest BCUT2D eigenvalue weighted by Gasteiger charge is 2.20. The lowest BCUT2D eigenvalue weighted by Gasteiger charge is -2.11. The van der Waals surface area contributed by atoms with Crippen molar-refractivity contribution < 1.29 is 22.4 Å². The van der Waals surface area contributed by atoms with Gasteiger partial charge in [-0.1, -0.05) is 11.8 Å². The van der Waals surface area contributed by atoms with Gasteiger partial charge in [-0.05, 0) is 36.4 Å². The van der Waals surface area contributed by atoms with E-state index in [-0.39, 0.29) is 16.6 Å². The van der Waals surface area contributed by atoms with E-state index in [4.69, 9.17) is 0 Å². The van der Waals surface area contributed by atoms with Crippen LogP contribution in [0.4, 0.5) is 17.6 Å². The molecule has 0 aliphatic rings. The molecule has 1 N–H and O–H groups in total. The van der Waals surface area contributed by atoms with Crippen molar-refractivity contribution in [1.29, 1.82) is 0 Å². The fraction of sp³-hybridized carbons (Fsp3) is 0.111. The molecule has 1 heterocycles. The Morgan fingerprint density at radius 2 is 1.74 bits per heavy atom. The molecule has 0 spiro atoms. The van der Waals surface area contributed by atoms with Crippen molar-refractivity contribution in [2.24, 2.45) is 0 Å². The third kappa shape index (κ3) is 3.82. The number of nitrogens with one attached hydrogen (secondary N) is 1. The number of hydrogen-bond acceptors (Lipinski definition) is 3. The molecule has 4 nitrogen and oxygen atoms in total. The van der Waals surface area contributed by atoms with Crippen LogP contribution in [0.3, 0.4) is 0 Å². The third-order valence-corrected chi connectivity index (χ3v) is 4.74. The van der Waals surface area contributed by atoms with Gasteiger partial charge in [-0.2, -0.15) is 0 Å². The Hall–Kier alpha value is -2.81. The van der Waals surface area contributed by atoms with Crippen LogP contribution in [-0.4, -0.2) is 22.5 Å². The SMILES string of the molecule is CNC(=O)c1cnc(SCc2c(F)ccc(F)c2F)n1-c1ccc(F)cc1. The van der Waals surface area contributed by atoms with Crippen LogP contribution in [0, 0.1) is 23.3 Å². The Morgan fingerprint density at radius 3 is 2.41 bits per heavy atom. The van der Waals surface area contributed by atoms with Crippen LogP contribution in [0.1, 0.15) is 16.1 Å². The standard InChI is InChI=1S/C18H13F4N3OS/c1-23-17(26)15-8-24-18(25(15)11-4-2-10(19)3-5-11)27-9-12-13(20)6-7-14(21)16(12)22/h2-8H,9H2,1H3,(H,23,26). The highest BCUT2D eigenvalue weighted by Crippen LogP contribution is 2.29. The molecule has 1 amide bonds. The quantitative estimate of drug-likeness (QED) is 0.402. The van der Waals surface area contributed by atoms with Gasteiger partial charge in [0.15, 0.2) is 16.8 Å². The summed E-state index contributed by atoms with van der Waals surface area (Å²) in [6.07, 6.45) is 1.29. The van der Waals surface area contributed by atoms with Gasteiger partial charge in [-0.3, -0.25) is 9.36 Å². The summed E-state index contributed by atoms with van der Waals surface area (Å²) in [4.78, 5) is 16.2. The molecule has 0 radical (unpaired) electrons. The van der Waals surface area contributed by atoms with Crippen molar-refractivity contribution in [3.8, 4) is 5.69 Å². The summed E-state index contributed by atoms with van der Waals surface area (Å²) in [5, 5.41) is 2.70. The number of carbonyl (C=O) groups is 1. The number of thioether (sulfide) groups is 1. The molecule has 140 valence electrons. The number of hydrogen-bond donors (Lipinski definition) is 1. The summed E-state index contributed by atoms with van der Waals surface area (Å²) in [5.41, 5.74) is 0.164. The van der Waals surface area contributed by atoms with E-state index in [1.165, 1.54) is 42.1 Å². The van der Waals surface area contributed by atoms with Crippen LogP contribution < -0.4 is 5.32 Å². The zero-order valence-corrected chi connectivity index (χ0v) is 14.8. The lowest BCUT2D eigenvalue weighted by atomic mass is 10.2. The van der Waals surface area contributed by atoms with Crippen LogP contribution in [0.5, 0.6) is 0 Å². The predicted octanol–water partition coefficient (Wildman–Crippen LogP) is 4.08. The Balaban J connectivity index is 1.99. The summed E-state index contributed by atoms with van der Waals surface area (Å²) in [6, 6.07) is 6.86. The first-order valence-electron chi connectivity index (χ1n) is 7.73. The van der Waals surface area contributed by atoms with Crippen molar-refractivity contribution in [2.45, 2.75) is 10.9 Å². The largest absolute Gasteiger partial charge is 0.354 e. The zero-order valence-electron chi connectivity index (χ0n) is 14.0. The van der Waals surface area contributed by atoms with E-state index in [2.05, 4.69) is 10.3 Å². The maximum absolute atomic E-state index is 13.9. The number of carbonyl (C=O) groups excluding carboxylic acids is 1. The third-order valence-electron chi connectivity index (χ3n) is 3.76. The maximum Gasteiger partial charge on any atom is 0.269 e. The molecule has 0 saturated carbocycles. The molecule has 3 rings (SSSR count). The molecule has 9 heteroatoms. The van der Waals surface area contributed by atoms with Crippen molar-refractivity contribution in [1.82, 2.24) is 14.9 Å². The average molecular weight is 395 g/mol. The lowest BCUT2D eigenvalue weighted by molar-refractivity contribution is 0.0956. The molecular weight excluding hydrogens is 382 g/mol. The summed E-state index contributed by atoms with van der Waals surface area (Å²) >= 11 is 0.916. The van der Waals surface area contributed by atoms with E-state index in [9.17, 15) is 22.4 Å². The Morgan fingerprint density at radius 1 is 1.07 bits per heavy atom. The monoisotopic (exact) mass is 395 g/mol. The van der Waals surface area contributed by atoms with Crippen molar-refractivity contribution in [2.75, 3.05) is 7.05 Å². The first-order valence-corrected chi connectivity index (χ1v) is 8.72. The second-order valence-electron chi connectivity index (χ2n) is 5.43. The molecule has 0 saturated heterocycles. The Kier molecular flexibility index (Phi) is 5.50. The minimum Gasteiger partial charge on any atom is -0.354 e.